The zero-order valence-electron chi connectivity index (χ0n) is 16.4. The summed E-state index contributed by atoms with van der Waals surface area (Å²) in [6.07, 6.45) is 5.22. The summed E-state index contributed by atoms with van der Waals surface area (Å²) in [5.41, 5.74) is 4.48. The minimum Gasteiger partial charge on any atom is -0.422 e. The highest BCUT2D eigenvalue weighted by Gasteiger charge is 2.31. The largest absolute Gasteiger partial charge is 0.511 e. The summed E-state index contributed by atoms with van der Waals surface area (Å²) in [4.78, 5) is 0. The first-order chi connectivity index (χ1) is 14.0. The average Bonchev–Trinajstić information content (AvgIpc) is 3.27. The van der Waals surface area contributed by atoms with Crippen LogP contribution in [0.1, 0.15) is 42.8 Å². The third-order valence-electron chi connectivity index (χ3n) is 5.27. The summed E-state index contributed by atoms with van der Waals surface area (Å²) < 4.78 is 22.2. The molecule has 3 aromatic rings. The van der Waals surface area contributed by atoms with E-state index in [0.717, 1.165) is 22.6 Å². The first kappa shape index (κ1) is 20.3. The van der Waals surface area contributed by atoms with Crippen molar-refractivity contribution in [2.45, 2.75) is 37.6 Å². The van der Waals surface area contributed by atoms with Gasteiger partial charge < -0.3 is 9.68 Å². The van der Waals surface area contributed by atoms with Gasteiger partial charge in [0.1, 0.15) is 5.82 Å². The van der Waals surface area contributed by atoms with E-state index in [1.807, 2.05) is 11.7 Å². The lowest BCUT2D eigenvalue weighted by molar-refractivity contribution is 0.194. The lowest BCUT2D eigenvalue weighted by Gasteiger charge is -2.13. The van der Waals surface area contributed by atoms with Gasteiger partial charge in [0.05, 0.1) is 23.1 Å². The maximum atomic E-state index is 13.3. The number of rotatable bonds is 3. The smallest absolute Gasteiger partial charge is 0.422 e. The monoisotopic (exact) mass is 460 g/mol. The number of benzene rings is 1. The molecule has 0 amide bonds. The SMILES string of the molecule is C[C@H]1OB(O)c2ccnn2-c2ccc(F)cc21.Cn1nc(CBr)cc1CC1CC1. The van der Waals surface area contributed by atoms with Gasteiger partial charge in [-0.2, -0.15) is 10.2 Å². The Morgan fingerprint density at radius 1 is 1.31 bits per heavy atom. The van der Waals surface area contributed by atoms with Gasteiger partial charge in [-0.25, -0.2) is 9.07 Å². The highest BCUT2D eigenvalue weighted by molar-refractivity contribution is 9.08. The van der Waals surface area contributed by atoms with Gasteiger partial charge >= 0.3 is 7.12 Å². The number of aryl methyl sites for hydroxylation is 1. The second-order valence-corrected chi connectivity index (χ2v) is 8.09. The Morgan fingerprint density at radius 3 is 2.79 bits per heavy atom. The van der Waals surface area contributed by atoms with Crippen LogP contribution in [0.5, 0.6) is 0 Å². The Kier molecular flexibility index (Phi) is 5.89. The van der Waals surface area contributed by atoms with Crippen LogP contribution < -0.4 is 5.59 Å². The normalized spacial score (nSPS) is 17.8. The predicted molar refractivity (Wildman–Crippen MR) is 113 cm³/mol. The molecule has 0 bridgehead atoms. The Morgan fingerprint density at radius 2 is 2.10 bits per heavy atom. The van der Waals surface area contributed by atoms with Gasteiger partial charge in [-0.1, -0.05) is 15.9 Å². The summed E-state index contributed by atoms with van der Waals surface area (Å²) in [7, 11) is 0.979. The Hall–Kier alpha value is -1.97. The highest BCUT2D eigenvalue weighted by Crippen LogP contribution is 2.32. The molecule has 0 unspecified atom stereocenters. The molecular weight excluding hydrogens is 438 g/mol. The van der Waals surface area contributed by atoms with Gasteiger partial charge in [0, 0.05) is 29.8 Å². The van der Waals surface area contributed by atoms with Crippen LogP contribution in [0.15, 0.2) is 36.5 Å². The van der Waals surface area contributed by atoms with E-state index in [2.05, 4.69) is 32.2 Å². The van der Waals surface area contributed by atoms with Crippen molar-refractivity contribution >= 4 is 28.6 Å². The van der Waals surface area contributed by atoms with Crippen molar-refractivity contribution in [3.63, 3.8) is 0 Å². The zero-order valence-corrected chi connectivity index (χ0v) is 18.0. The van der Waals surface area contributed by atoms with Crippen LogP contribution in [0.3, 0.4) is 0 Å². The fourth-order valence-corrected chi connectivity index (χ4v) is 3.80. The molecular formula is C20H23BBrFN4O2. The summed E-state index contributed by atoms with van der Waals surface area (Å²) in [5, 5.41) is 19.2. The Labute approximate surface area is 178 Å². The van der Waals surface area contributed by atoms with Crippen molar-refractivity contribution in [1.82, 2.24) is 19.6 Å². The molecule has 0 radical (unpaired) electrons. The van der Waals surface area contributed by atoms with E-state index in [4.69, 9.17) is 4.65 Å². The van der Waals surface area contributed by atoms with Crippen molar-refractivity contribution in [3.05, 3.63) is 59.3 Å². The molecule has 152 valence electrons. The minimum atomic E-state index is -1.05. The molecule has 1 saturated carbocycles. The number of aromatic nitrogens is 4. The fourth-order valence-electron chi connectivity index (χ4n) is 3.53. The number of nitrogens with zero attached hydrogens (tertiary/aromatic N) is 4. The minimum absolute atomic E-state index is 0.329. The van der Waals surface area contributed by atoms with Crippen LogP contribution >= 0.6 is 15.9 Å². The molecule has 5 rings (SSSR count). The van der Waals surface area contributed by atoms with Crippen LogP contribution in [-0.4, -0.2) is 31.7 Å². The van der Waals surface area contributed by atoms with E-state index in [1.54, 1.807) is 29.9 Å². The highest BCUT2D eigenvalue weighted by atomic mass is 79.9. The zero-order chi connectivity index (χ0) is 20.5. The summed E-state index contributed by atoms with van der Waals surface area (Å²) in [5.74, 6) is 0.618. The van der Waals surface area contributed by atoms with Gasteiger partial charge in [0.15, 0.2) is 0 Å². The number of fused-ring (bicyclic) bond motifs is 3. The molecule has 2 aliphatic rings. The molecule has 0 saturated heterocycles. The maximum absolute atomic E-state index is 13.3. The average molecular weight is 461 g/mol. The van der Waals surface area contributed by atoms with E-state index in [1.165, 1.54) is 37.1 Å². The van der Waals surface area contributed by atoms with Gasteiger partial charge in [-0.3, -0.25) is 4.68 Å². The van der Waals surface area contributed by atoms with Gasteiger partial charge in [-0.05, 0) is 62.4 Å². The summed E-state index contributed by atoms with van der Waals surface area (Å²) >= 11 is 3.41. The van der Waals surface area contributed by atoms with Crippen LogP contribution in [0.25, 0.3) is 5.69 Å². The third-order valence-corrected chi connectivity index (χ3v) is 5.85. The molecule has 2 aromatic heterocycles. The van der Waals surface area contributed by atoms with Crippen molar-refractivity contribution in [2.24, 2.45) is 13.0 Å². The quantitative estimate of drug-likeness (QED) is 0.482. The molecule has 1 aromatic carbocycles. The van der Waals surface area contributed by atoms with Crippen LogP contribution in [0.4, 0.5) is 4.39 Å². The lowest BCUT2D eigenvalue weighted by Crippen LogP contribution is -2.37. The van der Waals surface area contributed by atoms with E-state index in [0.29, 0.717) is 11.2 Å². The molecule has 29 heavy (non-hydrogen) atoms. The van der Waals surface area contributed by atoms with E-state index in [-0.39, 0.29) is 5.82 Å². The van der Waals surface area contributed by atoms with Gasteiger partial charge in [-0.15, -0.1) is 0 Å². The number of hydrogen-bond acceptors (Lipinski definition) is 4. The first-order valence-corrected chi connectivity index (χ1v) is 10.8. The second-order valence-electron chi connectivity index (χ2n) is 7.53. The molecule has 1 aliphatic heterocycles. The van der Waals surface area contributed by atoms with Crippen molar-refractivity contribution < 1.29 is 14.1 Å². The van der Waals surface area contributed by atoms with Crippen molar-refractivity contribution in [2.75, 3.05) is 0 Å². The second kappa shape index (κ2) is 8.42. The topological polar surface area (TPSA) is 65.1 Å². The van der Waals surface area contributed by atoms with Crippen LogP contribution in [0.2, 0.25) is 0 Å². The molecule has 0 spiro atoms. The van der Waals surface area contributed by atoms with E-state index < -0.39 is 13.2 Å². The summed E-state index contributed by atoms with van der Waals surface area (Å²) in [6, 6.07) is 8.29. The predicted octanol–water partition coefficient (Wildman–Crippen LogP) is 3.06. The molecule has 1 atom stereocenters. The van der Waals surface area contributed by atoms with Gasteiger partial charge in [0.2, 0.25) is 0 Å². The number of halogens is 2. The lowest BCUT2D eigenvalue weighted by atomic mass is 9.85. The maximum Gasteiger partial charge on any atom is 0.511 e. The Bertz CT molecular complexity index is 1000. The molecule has 9 heteroatoms. The van der Waals surface area contributed by atoms with Crippen LogP contribution in [0, 0.1) is 11.7 Å². The summed E-state index contributed by atoms with van der Waals surface area (Å²) in [6.45, 7) is 1.77. The number of alkyl halides is 1. The molecule has 1 N–H and O–H groups in total. The Balaban J connectivity index is 0.000000150. The first-order valence-electron chi connectivity index (χ1n) is 9.71. The molecule has 6 nitrogen and oxygen atoms in total. The van der Waals surface area contributed by atoms with E-state index in [9.17, 15) is 9.41 Å². The number of hydrogen-bond donors (Lipinski definition) is 1. The van der Waals surface area contributed by atoms with Crippen molar-refractivity contribution in [3.8, 4) is 5.69 Å². The molecule has 1 aliphatic carbocycles. The van der Waals surface area contributed by atoms with E-state index >= 15 is 0 Å². The molecule has 1 fully saturated rings. The fraction of sp³-hybridized carbons (Fsp3) is 0.400. The van der Waals surface area contributed by atoms with Crippen molar-refractivity contribution in [1.29, 1.82) is 0 Å². The third kappa shape index (κ3) is 4.47. The van der Waals surface area contributed by atoms with Gasteiger partial charge in [0.25, 0.3) is 0 Å². The molecule has 3 heterocycles. The van der Waals surface area contributed by atoms with Crippen LogP contribution in [-0.2, 0) is 23.5 Å². The standard InChI is InChI=1S/C11H10BFN2O2.C9H13BrN2/c1-7-9-6-8(13)2-3-10(9)15-11(4-5-14-15)12(16)17-7;1-12-9(4-7-2-3-7)5-8(6-10)11-12/h2-7,16H,1H3;5,7H,2-4,6H2,1H3/t7-;/m1./s1.